The second kappa shape index (κ2) is 9.27. The minimum absolute atomic E-state index is 0.353. The average Bonchev–Trinajstić information content (AvgIpc) is 3.43. The maximum atomic E-state index is 6.66. The molecule has 0 amide bonds. The molecule has 4 aromatic rings. The van der Waals surface area contributed by atoms with Gasteiger partial charge in [-0.25, -0.2) is 4.98 Å². The molecule has 0 aliphatic carbocycles. The topological polar surface area (TPSA) is 42.6 Å². The molecule has 2 atom stereocenters. The number of para-hydroxylation sites is 1. The number of rotatable bonds is 5. The Hall–Kier alpha value is -2.70. The third-order valence-corrected chi connectivity index (χ3v) is 6.41. The fourth-order valence-corrected chi connectivity index (χ4v) is 4.87. The molecule has 0 radical (unpaired) electrons. The normalized spacial score (nSPS) is 17.8. The van der Waals surface area contributed by atoms with Crippen molar-refractivity contribution in [2.24, 2.45) is 5.10 Å². The summed E-state index contributed by atoms with van der Waals surface area (Å²) in [5.74, 6) is 0.629. The van der Waals surface area contributed by atoms with Crippen LogP contribution in [0, 0.1) is 0 Å². The van der Waals surface area contributed by atoms with E-state index in [1.54, 1.807) is 42.0 Å². The number of benzene rings is 3. The summed E-state index contributed by atoms with van der Waals surface area (Å²) < 4.78 is 1.95. The van der Waals surface area contributed by atoms with E-state index in [-0.39, 0.29) is 6.04 Å². The highest BCUT2D eigenvalue weighted by molar-refractivity contribution is 6.37. The number of imidazole rings is 1. The highest BCUT2D eigenvalue weighted by Crippen LogP contribution is 2.45. The summed E-state index contributed by atoms with van der Waals surface area (Å²) in [5.41, 5.74) is 2.20. The van der Waals surface area contributed by atoms with E-state index in [9.17, 15) is 0 Å². The summed E-state index contributed by atoms with van der Waals surface area (Å²) in [6.45, 7) is 0. The van der Waals surface area contributed by atoms with E-state index in [1.165, 1.54) is 0 Å². The molecule has 0 saturated heterocycles. The number of hydrazone groups is 1. The van der Waals surface area contributed by atoms with E-state index in [0.717, 1.165) is 11.1 Å². The minimum Gasteiger partial charge on any atom is -0.362 e. The Morgan fingerprint density at radius 2 is 1.52 bits per heavy atom. The molecular formula is C24H16Cl4N4O. The molecule has 9 heteroatoms. The molecule has 1 aliphatic heterocycles. The molecule has 2 unspecified atom stereocenters. The Morgan fingerprint density at radius 3 is 2.18 bits per heavy atom. The number of hydrogen-bond acceptors (Lipinski definition) is 4. The quantitative estimate of drug-likeness (QED) is 0.275. The molecule has 0 saturated carbocycles. The Labute approximate surface area is 210 Å². The molecule has 0 spiro atoms. The lowest BCUT2D eigenvalue weighted by molar-refractivity contribution is -0.0923. The first-order chi connectivity index (χ1) is 16.0. The van der Waals surface area contributed by atoms with Gasteiger partial charge in [0.2, 0.25) is 0 Å². The molecule has 2 heterocycles. The van der Waals surface area contributed by atoms with Crippen molar-refractivity contribution in [2.75, 3.05) is 0 Å². The van der Waals surface area contributed by atoms with Gasteiger partial charge < -0.3 is 9.40 Å². The molecule has 1 aromatic heterocycles. The van der Waals surface area contributed by atoms with Crippen molar-refractivity contribution in [1.29, 1.82) is 0 Å². The maximum Gasteiger partial charge on any atom is 0.157 e. The van der Waals surface area contributed by atoms with Gasteiger partial charge in [0.05, 0.1) is 17.1 Å². The van der Waals surface area contributed by atoms with Gasteiger partial charge in [-0.3, -0.25) is 0 Å². The molecule has 0 fully saturated rings. The predicted molar refractivity (Wildman–Crippen MR) is 132 cm³/mol. The van der Waals surface area contributed by atoms with Crippen LogP contribution < -0.4 is 4.84 Å². The van der Waals surface area contributed by atoms with Gasteiger partial charge in [-0.1, -0.05) is 76.7 Å². The first-order valence-corrected chi connectivity index (χ1v) is 11.5. The van der Waals surface area contributed by atoms with Gasteiger partial charge in [-0.15, -0.1) is 10.3 Å². The number of halogens is 4. The average molecular weight is 518 g/mol. The Balaban J connectivity index is 1.69. The molecule has 3 aromatic carbocycles. The van der Waals surface area contributed by atoms with Gasteiger partial charge in [0.1, 0.15) is 12.1 Å². The van der Waals surface area contributed by atoms with Crippen LogP contribution in [0.2, 0.25) is 20.1 Å². The molecule has 33 heavy (non-hydrogen) atoms. The molecule has 1 aliphatic rings. The Kier molecular flexibility index (Phi) is 6.21. The van der Waals surface area contributed by atoms with E-state index < -0.39 is 6.04 Å². The van der Waals surface area contributed by atoms with E-state index >= 15 is 0 Å². The zero-order chi connectivity index (χ0) is 22.9. The number of nitrogens with zero attached hydrogens (tertiary/aromatic N) is 4. The first-order valence-electron chi connectivity index (χ1n) is 10.00. The van der Waals surface area contributed by atoms with Crippen LogP contribution in [0.1, 0.15) is 23.2 Å². The second-order valence-corrected chi connectivity index (χ2v) is 9.07. The maximum absolute atomic E-state index is 6.66. The van der Waals surface area contributed by atoms with Crippen molar-refractivity contribution in [3.63, 3.8) is 0 Å². The van der Waals surface area contributed by atoms with Crippen LogP contribution >= 0.6 is 46.4 Å². The number of aromatic nitrogens is 2. The van der Waals surface area contributed by atoms with Crippen LogP contribution in [-0.4, -0.2) is 20.4 Å². The van der Waals surface area contributed by atoms with Crippen molar-refractivity contribution in [3.8, 4) is 5.75 Å². The minimum atomic E-state index is -0.439. The predicted octanol–water partition coefficient (Wildman–Crippen LogP) is 7.49. The van der Waals surface area contributed by atoms with Crippen molar-refractivity contribution >= 4 is 52.1 Å². The Bertz CT molecular complexity index is 1310. The van der Waals surface area contributed by atoms with Crippen LogP contribution in [0.25, 0.3) is 0 Å². The van der Waals surface area contributed by atoms with E-state index in [4.69, 9.17) is 56.3 Å². The SMILES string of the molecule is Clc1ccc(C2=NN(Oc3ccccc3)C(c3ccc(Cl)cc3Cl)C2n2ccnc2)c(Cl)c1. The van der Waals surface area contributed by atoms with E-state index in [2.05, 4.69) is 4.98 Å². The largest absolute Gasteiger partial charge is 0.362 e. The van der Waals surface area contributed by atoms with Gasteiger partial charge in [-0.2, -0.15) is 0 Å². The summed E-state index contributed by atoms with van der Waals surface area (Å²) in [4.78, 5) is 10.5. The van der Waals surface area contributed by atoms with Crippen molar-refractivity contribution in [2.45, 2.75) is 12.1 Å². The summed E-state index contributed by atoms with van der Waals surface area (Å²) in [6, 6.07) is 19.3. The van der Waals surface area contributed by atoms with E-state index in [1.807, 2.05) is 53.2 Å². The molecular weight excluding hydrogens is 502 g/mol. The van der Waals surface area contributed by atoms with Gasteiger partial charge >= 0.3 is 0 Å². The monoisotopic (exact) mass is 516 g/mol. The van der Waals surface area contributed by atoms with Crippen LogP contribution in [0.4, 0.5) is 0 Å². The number of hydroxylamine groups is 1. The van der Waals surface area contributed by atoms with Crippen LogP contribution in [-0.2, 0) is 0 Å². The smallest absolute Gasteiger partial charge is 0.157 e. The molecule has 0 N–H and O–H groups in total. The third-order valence-electron chi connectivity index (χ3n) is 5.30. The van der Waals surface area contributed by atoms with Crippen molar-refractivity contribution in [1.82, 2.24) is 14.7 Å². The molecule has 5 rings (SSSR count). The van der Waals surface area contributed by atoms with Crippen LogP contribution in [0.5, 0.6) is 5.75 Å². The number of hydrogen-bond donors (Lipinski definition) is 0. The molecule has 166 valence electrons. The summed E-state index contributed by atoms with van der Waals surface area (Å²) >= 11 is 25.6. The van der Waals surface area contributed by atoms with Crippen LogP contribution in [0.15, 0.2) is 90.6 Å². The van der Waals surface area contributed by atoms with Gasteiger partial charge in [0.25, 0.3) is 0 Å². The third kappa shape index (κ3) is 4.42. The highest BCUT2D eigenvalue weighted by Gasteiger charge is 2.43. The fraction of sp³-hybridized carbons (Fsp3) is 0.0833. The first kappa shape index (κ1) is 22.1. The van der Waals surface area contributed by atoms with Gasteiger partial charge in [-0.05, 0) is 36.4 Å². The standard InChI is InChI=1S/C24H16Cl4N4O/c25-15-6-8-18(20(27)12-15)22-24(31-11-10-29-14-31)23(19-9-7-16(26)13-21(19)28)32(30-22)33-17-4-2-1-3-5-17/h1-14,23-24H. The zero-order valence-electron chi connectivity index (χ0n) is 16.9. The molecule has 0 bridgehead atoms. The Morgan fingerprint density at radius 1 is 0.788 bits per heavy atom. The summed E-state index contributed by atoms with van der Waals surface area (Å²) in [6.07, 6.45) is 5.31. The van der Waals surface area contributed by atoms with Gasteiger partial charge in [0, 0.05) is 38.6 Å². The summed E-state index contributed by atoms with van der Waals surface area (Å²) in [5, 5.41) is 8.47. The summed E-state index contributed by atoms with van der Waals surface area (Å²) in [7, 11) is 0. The highest BCUT2D eigenvalue weighted by atomic mass is 35.5. The lowest BCUT2D eigenvalue weighted by atomic mass is 9.93. The zero-order valence-corrected chi connectivity index (χ0v) is 20.0. The van der Waals surface area contributed by atoms with Crippen molar-refractivity contribution in [3.05, 3.63) is 117 Å². The van der Waals surface area contributed by atoms with Crippen molar-refractivity contribution < 1.29 is 4.84 Å². The lowest BCUT2D eigenvalue weighted by Gasteiger charge is -2.29. The molecule has 5 nitrogen and oxygen atoms in total. The van der Waals surface area contributed by atoms with Gasteiger partial charge in [0.15, 0.2) is 5.75 Å². The van der Waals surface area contributed by atoms with Crippen LogP contribution in [0.3, 0.4) is 0 Å². The fourth-order valence-electron chi connectivity index (χ4n) is 3.84. The van der Waals surface area contributed by atoms with E-state index in [0.29, 0.717) is 31.6 Å². The lowest BCUT2D eigenvalue weighted by Crippen LogP contribution is -2.30. The second-order valence-electron chi connectivity index (χ2n) is 7.38.